The van der Waals surface area contributed by atoms with Gasteiger partial charge in [0.2, 0.25) is 0 Å². The molecule has 8 heteroatoms. The van der Waals surface area contributed by atoms with Crippen molar-refractivity contribution in [1.29, 1.82) is 0 Å². The van der Waals surface area contributed by atoms with Crippen LogP contribution in [0.4, 0.5) is 0 Å². The molecule has 0 unspecified atom stereocenters. The van der Waals surface area contributed by atoms with Crippen molar-refractivity contribution in [2.45, 2.75) is 64.3 Å². The van der Waals surface area contributed by atoms with Gasteiger partial charge in [-0.2, -0.15) is 0 Å². The number of hydrogen-bond acceptors (Lipinski definition) is 4. The molecule has 0 spiro atoms. The summed E-state index contributed by atoms with van der Waals surface area (Å²) in [6.45, 7) is 2.27. The van der Waals surface area contributed by atoms with Crippen LogP contribution in [-0.4, -0.2) is 39.3 Å². The summed E-state index contributed by atoms with van der Waals surface area (Å²) in [7, 11) is -3.60. The van der Waals surface area contributed by atoms with Crippen LogP contribution < -0.4 is 0 Å². The molecule has 0 atom stereocenters. The molecule has 0 aromatic carbocycles. The topological polar surface area (TPSA) is 36.9 Å². The third-order valence-electron chi connectivity index (χ3n) is 3.13. The van der Waals surface area contributed by atoms with Gasteiger partial charge in [0, 0.05) is 0 Å². The van der Waals surface area contributed by atoms with Crippen LogP contribution in [0.15, 0.2) is 0 Å². The average Bonchev–Trinajstić information content (AvgIpc) is 2.34. The first kappa shape index (κ1) is 16.8. The minimum atomic E-state index is -1.37. The number of hydrogen-bond donors (Lipinski definition) is 0. The molecule has 1 heterocycles. The molecule has 18 heavy (non-hydrogen) atoms. The van der Waals surface area contributed by atoms with Crippen LogP contribution in [0, 0.1) is 0 Å². The summed E-state index contributed by atoms with van der Waals surface area (Å²) in [5.41, 5.74) is 0. The van der Waals surface area contributed by atoms with E-state index in [2.05, 4.69) is 6.92 Å². The summed E-state index contributed by atoms with van der Waals surface area (Å²) in [6.07, 6.45) is 10.9. The van der Waals surface area contributed by atoms with E-state index < -0.39 is 39.3 Å². The molecule has 0 aliphatic carbocycles. The molecule has 4 nitrogen and oxygen atoms in total. The van der Waals surface area contributed by atoms with Crippen molar-refractivity contribution in [3.8, 4) is 0 Å². The Morgan fingerprint density at radius 2 is 1.28 bits per heavy atom. The molecule has 1 aliphatic heterocycles. The Balaban J connectivity index is 1.86. The minimum absolute atomic E-state index is 0.713. The highest BCUT2D eigenvalue weighted by Gasteiger charge is 2.15. The normalized spacial score (nSPS) is 25.5. The first-order valence-electron chi connectivity index (χ1n) is 7.32. The molecular weight excluding hydrogens is 296 g/mol. The summed E-state index contributed by atoms with van der Waals surface area (Å²) >= 11 is 0. The SMILES string of the molecule is CCCCCCCCCC[SiH]1O[SiH2]O[SiH2]O[SiH2]O1. The molecule has 0 bridgehead atoms. The van der Waals surface area contributed by atoms with E-state index in [1.54, 1.807) is 0 Å². The summed E-state index contributed by atoms with van der Waals surface area (Å²) in [6, 6.07) is 1.16. The highest BCUT2D eigenvalue weighted by Crippen LogP contribution is 2.11. The highest BCUT2D eigenvalue weighted by atomic mass is 28.4. The third-order valence-corrected chi connectivity index (χ3v) is 10.7. The molecule has 0 aromatic rings. The van der Waals surface area contributed by atoms with E-state index >= 15 is 0 Å². The Bertz CT molecular complexity index is 179. The van der Waals surface area contributed by atoms with E-state index in [0.717, 1.165) is 6.04 Å². The van der Waals surface area contributed by atoms with Gasteiger partial charge in [-0.25, -0.2) is 0 Å². The first-order valence-corrected chi connectivity index (χ1v) is 12.5. The maximum Gasteiger partial charge on any atom is 0.303 e. The van der Waals surface area contributed by atoms with E-state index in [0.29, 0.717) is 0 Å². The van der Waals surface area contributed by atoms with E-state index in [9.17, 15) is 0 Å². The molecule has 1 rings (SSSR count). The van der Waals surface area contributed by atoms with E-state index in [1.165, 1.54) is 51.4 Å². The Labute approximate surface area is 120 Å². The zero-order valence-corrected chi connectivity index (χ0v) is 17.1. The number of rotatable bonds is 9. The van der Waals surface area contributed by atoms with Crippen molar-refractivity contribution in [3.05, 3.63) is 0 Å². The summed E-state index contributed by atoms with van der Waals surface area (Å²) in [5, 5.41) is 0. The standard InChI is InChI=1S/C10H28O4Si4/c1-2-3-4-5-6-7-8-9-10-18-13-16-11-15-12-17-14-18/h18H,2-10,15-17H2,1H3. The maximum atomic E-state index is 5.77. The van der Waals surface area contributed by atoms with Crippen LogP contribution >= 0.6 is 0 Å². The van der Waals surface area contributed by atoms with Crippen LogP contribution in [0.1, 0.15) is 58.3 Å². The highest BCUT2D eigenvalue weighted by molar-refractivity contribution is 6.59. The Morgan fingerprint density at radius 3 is 1.89 bits per heavy atom. The van der Waals surface area contributed by atoms with Crippen molar-refractivity contribution in [1.82, 2.24) is 0 Å². The molecule has 0 aromatic heterocycles. The lowest BCUT2D eigenvalue weighted by molar-refractivity contribution is 0.327. The lowest BCUT2D eigenvalue weighted by Gasteiger charge is -2.20. The molecule has 0 saturated carbocycles. The van der Waals surface area contributed by atoms with Gasteiger partial charge in [0.1, 0.15) is 0 Å². The summed E-state index contributed by atoms with van der Waals surface area (Å²) < 4.78 is 22.4. The fourth-order valence-electron chi connectivity index (χ4n) is 2.03. The molecule has 1 saturated heterocycles. The number of unbranched alkanes of at least 4 members (excludes halogenated alkanes) is 7. The zero-order chi connectivity index (χ0) is 12.9. The van der Waals surface area contributed by atoms with Crippen LogP contribution in [0.25, 0.3) is 0 Å². The lowest BCUT2D eigenvalue weighted by atomic mass is 10.1. The first-order chi connectivity index (χ1) is 8.93. The molecule has 0 amide bonds. The Morgan fingerprint density at radius 1 is 0.722 bits per heavy atom. The fraction of sp³-hybridized carbons (Fsp3) is 1.00. The second-order valence-electron chi connectivity index (χ2n) is 4.79. The van der Waals surface area contributed by atoms with Gasteiger partial charge in [-0.1, -0.05) is 58.3 Å². The monoisotopic (exact) mass is 324 g/mol. The molecule has 0 radical (unpaired) electrons. The molecular formula is C10H28O4Si4. The maximum absolute atomic E-state index is 5.77. The summed E-state index contributed by atoms with van der Waals surface area (Å²) in [4.78, 5) is 0. The van der Waals surface area contributed by atoms with E-state index in [-0.39, 0.29) is 0 Å². The van der Waals surface area contributed by atoms with Gasteiger partial charge in [0.25, 0.3) is 30.0 Å². The third kappa shape index (κ3) is 9.61. The molecule has 0 N–H and O–H groups in total. The van der Waals surface area contributed by atoms with Crippen molar-refractivity contribution in [2.24, 2.45) is 0 Å². The van der Waals surface area contributed by atoms with Crippen molar-refractivity contribution < 1.29 is 16.5 Å². The van der Waals surface area contributed by atoms with Crippen molar-refractivity contribution in [3.63, 3.8) is 0 Å². The minimum Gasteiger partial charge on any atom is -0.425 e. The van der Waals surface area contributed by atoms with E-state index in [1.807, 2.05) is 0 Å². The van der Waals surface area contributed by atoms with Gasteiger partial charge in [-0.15, -0.1) is 0 Å². The quantitative estimate of drug-likeness (QED) is 0.455. The zero-order valence-electron chi connectivity index (χ0n) is 11.7. The predicted octanol–water partition coefficient (Wildman–Crippen LogP) is 0.424. The van der Waals surface area contributed by atoms with Crippen LogP contribution in [0.3, 0.4) is 0 Å². The Kier molecular flexibility index (Phi) is 11.9. The second-order valence-corrected chi connectivity index (χ2v) is 12.9. The lowest BCUT2D eigenvalue weighted by Crippen LogP contribution is -2.33. The summed E-state index contributed by atoms with van der Waals surface area (Å²) in [5.74, 6) is 0. The predicted molar refractivity (Wildman–Crippen MR) is 84.5 cm³/mol. The van der Waals surface area contributed by atoms with Gasteiger partial charge < -0.3 is 16.5 Å². The van der Waals surface area contributed by atoms with Gasteiger partial charge in [-0.05, 0) is 6.04 Å². The molecule has 1 fully saturated rings. The second kappa shape index (κ2) is 12.7. The van der Waals surface area contributed by atoms with Gasteiger partial charge in [0.05, 0.1) is 0 Å². The van der Waals surface area contributed by atoms with Gasteiger partial charge in [0.15, 0.2) is 0 Å². The van der Waals surface area contributed by atoms with E-state index in [4.69, 9.17) is 16.5 Å². The largest absolute Gasteiger partial charge is 0.425 e. The van der Waals surface area contributed by atoms with Crippen LogP contribution in [-0.2, 0) is 16.5 Å². The Hall–Kier alpha value is 0.708. The smallest absolute Gasteiger partial charge is 0.303 e. The van der Waals surface area contributed by atoms with Crippen molar-refractivity contribution >= 4 is 39.3 Å². The fourth-order valence-corrected chi connectivity index (χ4v) is 11.0. The molecule has 108 valence electrons. The van der Waals surface area contributed by atoms with Crippen molar-refractivity contribution in [2.75, 3.05) is 0 Å². The molecule has 1 aliphatic rings. The van der Waals surface area contributed by atoms with Gasteiger partial charge >= 0.3 is 9.28 Å². The van der Waals surface area contributed by atoms with Gasteiger partial charge in [-0.3, -0.25) is 0 Å². The average molecular weight is 325 g/mol. The van der Waals surface area contributed by atoms with Crippen LogP contribution in [0.2, 0.25) is 6.04 Å². The van der Waals surface area contributed by atoms with Crippen LogP contribution in [0.5, 0.6) is 0 Å².